The largest absolute Gasteiger partial charge is 0.0843 e. The highest BCUT2D eigenvalue weighted by molar-refractivity contribution is 6.35. The summed E-state index contributed by atoms with van der Waals surface area (Å²) in [6.07, 6.45) is 8.05. The van der Waals surface area contributed by atoms with Crippen molar-refractivity contribution >= 4 is 23.2 Å². The summed E-state index contributed by atoms with van der Waals surface area (Å²) in [5.41, 5.74) is 4.10. The average Bonchev–Trinajstić information content (AvgIpc) is 2.25. The normalized spacial score (nSPS) is 14.6. The molecule has 86 valence electrons. The van der Waals surface area contributed by atoms with Gasteiger partial charge in [-0.2, -0.15) is 0 Å². The Balaban J connectivity index is 2.19. The molecule has 0 spiro atoms. The minimum absolute atomic E-state index is 0.750. The second-order valence-electron chi connectivity index (χ2n) is 4.37. The number of benzene rings is 1. The Kier molecular flexibility index (Phi) is 3.94. The summed E-state index contributed by atoms with van der Waals surface area (Å²) < 4.78 is 0. The second-order valence-corrected chi connectivity index (χ2v) is 5.22. The van der Waals surface area contributed by atoms with Crippen LogP contribution in [0.2, 0.25) is 10.0 Å². The quantitative estimate of drug-likeness (QED) is 0.650. The van der Waals surface area contributed by atoms with Crippen molar-refractivity contribution in [2.75, 3.05) is 0 Å². The molecule has 0 atom stereocenters. The highest BCUT2D eigenvalue weighted by Crippen LogP contribution is 2.32. The van der Waals surface area contributed by atoms with E-state index in [9.17, 15) is 0 Å². The minimum atomic E-state index is 0.750. The molecule has 1 aromatic rings. The second kappa shape index (κ2) is 5.25. The van der Waals surface area contributed by atoms with E-state index in [4.69, 9.17) is 23.2 Å². The molecule has 0 heterocycles. The van der Waals surface area contributed by atoms with E-state index in [0.29, 0.717) is 0 Å². The maximum Gasteiger partial charge on any atom is 0.0458 e. The van der Waals surface area contributed by atoms with E-state index in [0.717, 1.165) is 22.9 Å². The molecule has 1 aromatic carbocycles. The molecule has 2 heteroatoms. The van der Waals surface area contributed by atoms with Gasteiger partial charge in [0.25, 0.3) is 0 Å². The number of halogens is 2. The first-order valence-corrected chi connectivity index (χ1v) is 6.61. The van der Waals surface area contributed by atoms with Gasteiger partial charge in [0.15, 0.2) is 0 Å². The molecule has 0 nitrogen and oxygen atoms in total. The van der Waals surface area contributed by atoms with Crippen molar-refractivity contribution in [3.8, 4) is 0 Å². The number of allylic oxidation sites excluding steroid dienone is 2. The highest BCUT2D eigenvalue weighted by atomic mass is 35.5. The van der Waals surface area contributed by atoms with Gasteiger partial charge in [0, 0.05) is 10.0 Å². The van der Waals surface area contributed by atoms with Gasteiger partial charge in [-0.1, -0.05) is 48.2 Å². The van der Waals surface area contributed by atoms with Crippen LogP contribution in [0.5, 0.6) is 0 Å². The molecule has 0 saturated heterocycles. The summed E-state index contributed by atoms with van der Waals surface area (Å²) in [5, 5.41) is 1.56. The zero-order valence-electron chi connectivity index (χ0n) is 9.52. The fourth-order valence-electron chi connectivity index (χ4n) is 2.20. The zero-order chi connectivity index (χ0) is 11.5. The van der Waals surface area contributed by atoms with Crippen LogP contribution in [0.4, 0.5) is 0 Å². The summed E-state index contributed by atoms with van der Waals surface area (Å²) in [6.45, 7) is 2.23. The first kappa shape index (κ1) is 12.0. The molecular weight excluding hydrogens is 239 g/mol. The Labute approximate surface area is 107 Å². The lowest BCUT2D eigenvalue weighted by Gasteiger charge is -2.18. The third-order valence-corrected chi connectivity index (χ3v) is 3.67. The fraction of sp³-hybridized carbons (Fsp3) is 0.429. The van der Waals surface area contributed by atoms with E-state index in [2.05, 4.69) is 19.1 Å². The predicted octanol–water partition coefficient (Wildman–Crippen LogP) is 5.21. The molecule has 2 rings (SSSR count). The summed E-state index contributed by atoms with van der Waals surface area (Å²) in [5.74, 6) is 0. The van der Waals surface area contributed by atoms with Crippen LogP contribution in [0.3, 0.4) is 0 Å². The third-order valence-electron chi connectivity index (χ3n) is 3.12. The lowest BCUT2D eigenvalue weighted by Crippen LogP contribution is -2.04. The van der Waals surface area contributed by atoms with Crippen molar-refractivity contribution in [2.24, 2.45) is 0 Å². The highest BCUT2D eigenvalue weighted by Gasteiger charge is 2.14. The Bertz CT molecular complexity index is 419. The van der Waals surface area contributed by atoms with Crippen LogP contribution in [0, 0.1) is 0 Å². The van der Waals surface area contributed by atoms with Crippen molar-refractivity contribution in [3.63, 3.8) is 0 Å². The average molecular weight is 255 g/mol. The van der Waals surface area contributed by atoms with Crippen LogP contribution in [-0.2, 0) is 12.8 Å². The van der Waals surface area contributed by atoms with E-state index >= 15 is 0 Å². The van der Waals surface area contributed by atoms with E-state index in [1.807, 2.05) is 6.07 Å². The van der Waals surface area contributed by atoms with Gasteiger partial charge >= 0.3 is 0 Å². The maximum atomic E-state index is 6.19. The van der Waals surface area contributed by atoms with Crippen molar-refractivity contribution in [1.82, 2.24) is 0 Å². The molecular formula is C14H16Cl2. The number of hydrogen-bond donors (Lipinski definition) is 0. The van der Waals surface area contributed by atoms with Gasteiger partial charge in [-0.3, -0.25) is 0 Å². The van der Waals surface area contributed by atoms with E-state index in [1.54, 1.807) is 0 Å². The number of hydrogen-bond acceptors (Lipinski definition) is 0. The molecule has 0 amide bonds. The van der Waals surface area contributed by atoms with E-state index < -0.39 is 0 Å². The van der Waals surface area contributed by atoms with Crippen LogP contribution >= 0.6 is 23.2 Å². The first-order chi connectivity index (χ1) is 7.70. The van der Waals surface area contributed by atoms with E-state index in [-0.39, 0.29) is 0 Å². The Morgan fingerprint density at radius 2 is 2.06 bits per heavy atom. The molecule has 0 radical (unpaired) electrons. The smallest absolute Gasteiger partial charge is 0.0458 e. The van der Waals surface area contributed by atoms with Crippen molar-refractivity contribution < 1.29 is 0 Å². The van der Waals surface area contributed by atoms with Crippen LogP contribution in [-0.4, -0.2) is 0 Å². The SMILES string of the molecule is CCCCC1=CCc2c(Cl)cc(Cl)cc2C1. The van der Waals surface area contributed by atoms with E-state index in [1.165, 1.54) is 36.0 Å². The number of fused-ring (bicyclic) bond motifs is 1. The Morgan fingerprint density at radius 3 is 2.81 bits per heavy atom. The van der Waals surface area contributed by atoms with Gasteiger partial charge in [-0.15, -0.1) is 0 Å². The van der Waals surface area contributed by atoms with Crippen LogP contribution in [0.25, 0.3) is 0 Å². The Morgan fingerprint density at radius 1 is 1.25 bits per heavy atom. The van der Waals surface area contributed by atoms with Gasteiger partial charge in [-0.25, -0.2) is 0 Å². The predicted molar refractivity (Wildman–Crippen MR) is 71.5 cm³/mol. The minimum Gasteiger partial charge on any atom is -0.0843 e. The van der Waals surface area contributed by atoms with Crippen molar-refractivity contribution in [2.45, 2.75) is 39.0 Å². The topological polar surface area (TPSA) is 0 Å². The summed E-state index contributed by atoms with van der Waals surface area (Å²) in [6, 6.07) is 3.90. The van der Waals surface area contributed by atoms with Crippen LogP contribution in [0.1, 0.15) is 37.3 Å². The molecule has 0 saturated carbocycles. The fourth-order valence-corrected chi connectivity index (χ4v) is 2.81. The monoisotopic (exact) mass is 254 g/mol. The zero-order valence-corrected chi connectivity index (χ0v) is 11.0. The molecule has 0 unspecified atom stereocenters. The molecule has 1 aliphatic rings. The molecule has 0 aromatic heterocycles. The molecule has 0 N–H and O–H groups in total. The van der Waals surface area contributed by atoms with Crippen molar-refractivity contribution in [1.29, 1.82) is 0 Å². The van der Waals surface area contributed by atoms with Crippen LogP contribution in [0.15, 0.2) is 23.8 Å². The molecule has 0 aliphatic heterocycles. The van der Waals surface area contributed by atoms with Crippen LogP contribution < -0.4 is 0 Å². The first-order valence-electron chi connectivity index (χ1n) is 5.85. The lowest BCUT2D eigenvalue weighted by atomic mass is 9.89. The molecule has 1 aliphatic carbocycles. The standard InChI is InChI=1S/C14H16Cl2/c1-2-3-4-10-5-6-13-11(7-10)8-12(15)9-14(13)16/h5,8-9H,2-4,6-7H2,1H3. The number of unbranched alkanes of at least 4 members (excludes halogenated alkanes) is 1. The van der Waals surface area contributed by atoms with Gasteiger partial charge in [-0.05, 0) is 48.9 Å². The van der Waals surface area contributed by atoms with Gasteiger partial charge < -0.3 is 0 Å². The Hall–Kier alpha value is -0.460. The van der Waals surface area contributed by atoms with Gasteiger partial charge in [0.05, 0.1) is 0 Å². The van der Waals surface area contributed by atoms with Gasteiger partial charge in [0.2, 0.25) is 0 Å². The summed E-state index contributed by atoms with van der Waals surface area (Å²) >= 11 is 12.2. The number of rotatable bonds is 3. The summed E-state index contributed by atoms with van der Waals surface area (Å²) in [7, 11) is 0. The third kappa shape index (κ3) is 2.61. The van der Waals surface area contributed by atoms with Gasteiger partial charge in [0.1, 0.15) is 0 Å². The van der Waals surface area contributed by atoms with Crippen molar-refractivity contribution in [3.05, 3.63) is 45.0 Å². The summed E-state index contributed by atoms with van der Waals surface area (Å²) in [4.78, 5) is 0. The maximum absolute atomic E-state index is 6.19. The molecule has 0 fully saturated rings. The molecule has 16 heavy (non-hydrogen) atoms. The lowest BCUT2D eigenvalue weighted by molar-refractivity contribution is 0.761. The molecule has 0 bridgehead atoms.